The highest BCUT2D eigenvalue weighted by atomic mass is 32.1. The number of anilines is 3. The zero-order chi connectivity index (χ0) is 24.4. The average molecular weight is 466 g/mol. The van der Waals surface area contributed by atoms with Crippen molar-refractivity contribution in [2.45, 2.75) is 59.4 Å². The van der Waals surface area contributed by atoms with E-state index in [-0.39, 0.29) is 22.8 Å². The molecule has 1 aromatic carbocycles. The average Bonchev–Trinajstić information content (AvgIpc) is 3.34. The molecule has 2 aromatic heterocycles. The molecule has 8 heteroatoms. The third kappa shape index (κ3) is 5.96. The Morgan fingerprint density at radius 2 is 1.76 bits per heavy atom. The number of nitrogens with one attached hydrogen (secondary N) is 1. The van der Waals surface area contributed by atoms with E-state index in [1.807, 2.05) is 67.2 Å². The first-order valence-electron chi connectivity index (χ1n) is 10.8. The maximum Gasteiger partial charge on any atom is 0.249 e. The molecule has 3 rings (SSSR count). The van der Waals surface area contributed by atoms with Crippen LogP contribution in [0.4, 0.5) is 16.6 Å². The van der Waals surface area contributed by atoms with Gasteiger partial charge in [-0.3, -0.25) is 14.5 Å². The van der Waals surface area contributed by atoms with E-state index in [2.05, 4.69) is 31.1 Å². The molecular formula is C25H31N5O2S. The van der Waals surface area contributed by atoms with Crippen LogP contribution in [0.25, 0.3) is 6.08 Å². The Morgan fingerprint density at radius 3 is 2.33 bits per heavy atom. The molecule has 0 aliphatic heterocycles. The Labute approximate surface area is 199 Å². The lowest BCUT2D eigenvalue weighted by Crippen LogP contribution is -2.27. The summed E-state index contributed by atoms with van der Waals surface area (Å²) in [6.45, 7) is 13.9. The second-order valence-corrected chi connectivity index (χ2v) is 10.7. The first-order valence-corrected chi connectivity index (χ1v) is 11.7. The molecule has 1 N–H and O–H groups in total. The van der Waals surface area contributed by atoms with Gasteiger partial charge in [0.2, 0.25) is 11.8 Å². The molecule has 0 bridgehead atoms. The maximum absolute atomic E-state index is 12.7. The second kappa shape index (κ2) is 9.31. The molecule has 33 heavy (non-hydrogen) atoms. The predicted octanol–water partition coefficient (Wildman–Crippen LogP) is 5.73. The molecule has 0 aliphatic carbocycles. The summed E-state index contributed by atoms with van der Waals surface area (Å²) >= 11 is 1.35. The number of rotatable bonds is 5. The minimum absolute atomic E-state index is 0.131. The summed E-state index contributed by atoms with van der Waals surface area (Å²) in [7, 11) is 0. The van der Waals surface area contributed by atoms with Crippen LogP contribution in [0.15, 0.2) is 47.9 Å². The lowest BCUT2D eigenvalue weighted by molar-refractivity contribution is -0.116. The predicted molar refractivity (Wildman–Crippen MR) is 135 cm³/mol. The van der Waals surface area contributed by atoms with Crippen molar-refractivity contribution >= 4 is 45.9 Å². The Hall–Kier alpha value is -3.26. The van der Waals surface area contributed by atoms with E-state index in [1.165, 1.54) is 24.3 Å². The van der Waals surface area contributed by atoms with Crippen LogP contribution >= 0.6 is 11.3 Å². The summed E-state index contributed by atoms with van der Waals surface area (Å²) in [6, 6.07) is 11.3. The van der Waals surface area contributed by atoms with Crippen molar-refractivity contribution in [3.8, 4) is 0 Å². The SMILES string of the molecule is CC(=O)N(c1ccccc1)c1nc(/C=C/C(=O)Nc2cc(C(C)(C)C)nn2C(C)(C)C)cs1. The first kappa shape index (κ1) is 24.4. The van der Waals surface area contributed by atoms with Gasteiger partial charge >= 0.3 is 0 Å². The minimum atomic E-state index is -0.284. The maximum atomic E-state index is 12.7. The lowest BCUT2D eigenvalue weighted by Gasteiger charge is -2.22. The summed E-state index contributed by atoms with van der Waals surface area (Å²) in [6.07, 6.45) is 3.08. The highest BCUT2D eigenvalue weighted by molar-refractivity contribution is 7.14. The number of thiazole rings is 1. The molecule has 0 fully saturated rings. The van der Waals surface area contributed by atoms with Gasteiger partial charge in [0.05, 0.1) is 22.6 Å². The standard InChI is InChI=1S/C25H31N5O2S/c1-17(31)29(19-11-9-8-10-12-19)23-26-18(16-33-23)13-14-22(32)27-21-15-20(24(2,3)4)28-30(21)25(5,6)7/h8-16H,1-7H3,(H,27,32)/b14-13+. The van der Waals surface area contributed by atoms with Crippen molar-refractivity contribution in [1.82, 2.24) is 14.8 Å². The molecule has 0 unspecified atom stereocenters. The third-order valence-corrected chi connectivity index (χ3v) is 5.64. The number of hydrogen-bond donors (Lipinski definition) is 1. The van der Waals surface area contributed by atoms with Crippen LogP contribution in [0, 0.1) is 0 Å². The highest BCUT2D eigenvalue weighted by Gasteiger charge is 2.25. The van der Waals surface area contributed by atoms with E-state index in [9.17, 15) is 9.59 Å². The van der Waals surface area contributed by atoms with Gasteiger partial charge in [0.15, 0.2) is 5.13 Å². The molecule has 2 amide bonds. The molecule has 0 saturated heterocycles. The van der Waals surface area contributed by atoms with Crippen molar-refractivity contribution in [2.75, 3.05) is 10.2 Å². The van der Waals surface area contributed by atoms with Gasteiger partial charge in [0.1, 0.15) is 5.82 Å². The normalized spacial score (nSPS) is 12.2. The van der Waals surface area contributed by atoms with Crippen molar-refractivity contribution in [3.63, 3.8) is 0 Å². The summed E-state index contributed by atoms with van der Waals surface area (Å²) in [4.78, 5) is 31.0. The van der Waals surface area contributed by atoms with Crippen molar-refractivity contribution in [2.24, 2.45) is 0 Å². The quantitative estimate of drug-likeness (QED) is 0.488. The lowest BCUT2D eigenvalue weighted by atomic mass is 9.92. The second-order valence-electron chi connectivity index (χ2n) is 9.81. The number of para-hydroxylation sites is 1. The Bertz CT molecular complexity index is 1160. The van der Waals surface area contributed by atoms with Gasteiger partial charge in [-0.05, 0) is 39.0 Å². The molecular weight excluding hydrogens is 434 g/mol. The molecule has 3 aromatic rings. The molecule has 174 valence electrons. The van der Waals surface area contributed by atoms with Crippen molar-refractivity contribution < 1.29 is 9.59 Å². The van der Waals surface area contributed by atoms with Gasteiger partial charge in [-0.15, -0.1) is 11.3 Å². The van der Waals surface area contributed by atoms with Gasteiger partial charge in [-0.2, -0.15) is 5.10 Å². The monoisotopic (exact) mass is 465 g/mol. The van der Waals surface area contributed by atoms with Crippen LogP contribution in [0.5, 0.6) is 0 Å². The molecule has 2 heterocycles. The number of amides is 2. The molecule has 0 spiro atoms. The molecule has 0 saturated carbocycles. The fourth-order valence-electron chi connectivity index (χ4n) is 3.14. The molecule has 7 nitrogen and oxygen atoms in total. The van der Waals surface area contributed by atoms with Gasteiger partial charge in [-0.25, -0.2) is 9.67 Å². The molecule has 0 aliphatic rings. The Kier molecular flexibility index (Phi) is 6.88. The van der Waals surface area contributed by atoms with Crippen molar-refractivity contribution in [1.29, 1.82) is 0 Å². The summed E-state index contributed by atoms with van der Waals surface area (Å²) < 4.78 is 1.84. The fourth-order valence-corrected chi connectivity index (χ4v) is 3.99. The largest absolute Gasteiger partial charge is 0.307 e. The van der Waals surface area contributed by atoms with Gasteiger partial charge in [0, 0.05) is 29.9 Å². The van der Waals surface area contributed by atoms with Crippen LogP contribution in [0.2, 0.25) is 0 Å². The van der Waals surface area contributed by atoms with E-state index in [0.717, 1.165) is 11.4 Å². The van der Waals surface area contributed by atoms with E-state index < -0.39 is 0 Å². The van der Waals surface area contributed by atoms with E-state index in [1.54, 1.807) is 11.0 Å². The number of aromatic nitrogens is 3. The summed E-state index contributed by atoms with van der Waals surface area (Å²) in [5, 5.41) is 10.0. The highest BCUT2D eigenvalue weighted by Crippen LogP contribution is 2.30. The van der Waals surface area contributed by atoms with Crippen LogP contribution in [0.3, 0.4) is 0 Å². The minimum Gasteiger partial charge on any atom is -0.307 e. The number of carbonyl (C=O) groups excluding carboxylic acids is 2. The van der Waals surface area contributed by atoms with E-state index in [4.69, 9.17) is 5.10 Å². The van der Waals surface area contributed by atoms with Crippen LogP contribution < -0.4 is 10.2 Å². The topological polar surface area (TPSA) is 80.1 Å². The van der Waals surface area contributed by atoms with Gasteiger partial charge in [0.25, 0.3) is 0 Å². The molecule has 0 atom stereocenters. The van der Waals surface area contributed by atoms with Crippen LogP contribution in [0.1, 0.15) is 59.9 Å². The first-order chi connectivity index (χ1) is 15.4. The Morgan fingerprint density at radius 1 is 1.09 bits per heavy atom. The number of nitrogens with zero attached hydrogens (tertiary/aromatic N) is 4. The van der Waals surface area contributed by atoms with Gasteiger partial charge < -0.3 is 5.32 Å². The van der Waals surface area contributed by atoms with Crippen molar-refractivity contribution in [3.05, 3.63) is 59.2 Å². The third-order valence-electron chi connectivity index (χ3n) is 4.80. The number of hydrogen-bond acceptors (Lipinski definition) is 5. The number of benzene rings is 1. The number of carbonyl (C=O) groups is 2. The zero-order valence-electron chi connectivity index (χ0n) is 20.2. The fraction of sp³-hybridized carbons (Fsp3) is 0.360. The molecule has 0 radical (unpaired) electrons. The van der Waals surface area contributed by atoms with E-state index >= 15 is 0 Å². The summed E-state index contributed by atoms with van der Waals surface area (Å²) in [5.41, 5.74) is 1.84. The van der Waals surface area contributed by atoms with Crippen LogP contribution in [-0.2, 0) is 20.5 Å². The smallest absolute Gasteiger partial charge is 0.249 e. The van der Waals surface area contributed by atoms with E-state index in [0.29, 0.717) is 16.6 Å². The van der Waals surface area contributed by atoms with Crippen LogP contribution in [-0.4, -0.2) is 26.6 Å². The van der Waals surface area contributed by atoms with Gasteiger partial charge in [-0.1, -0.05) is 39.0 Å². The summed E-state index contributed by atoms with van der Waals surface area (Å²) in [5.74, 6) is 0.240. The Balaban J connectivity index is 1.78. The zero-order valence-corrected chi connectivity index (χ0v) is 21.0.